The van der Waals surface area contributed by atoms with Crippen molar-refractivity contribution in [2.45, 2.75) is 31.7 Å². The Labute approximate surface area is 112 Å². The van der Waals surface area contributed by atoms with E-state index in [0.717, 1.165) is 31.5 Å². The van der Waals surface area contributed by atoms with Crippen molar-refractivity contribution in [3.05, 3.63) is 11.8 Å². The lowest BCUT2D eigenvalue weighted by atomic mass is 10.1. The highest BCUT2D eigenvalue weighted by Crippen LogP contribution is 2.23. The molecule has 19 heavy (non-hydrogen) atoms. The van der Waals surface area contributed by atoms with Gasteiger partial charge >= 0.3 is 0 Å². The predicted molar refractivity (Wildman–Crippen MR) is 73.3 cm³/mol. The van der Waals surface area contributed by atoms with Gasteiger partial charge < -0.3 is 15.5 Å². The van der Waals surface area contributed by atoms with Crippen molar-refractivity contribution in [1.82, 2.24) is 15.3 Å². The number of aromatic nitrogens is 2. The van der Waals surface area contributed by atoms with Crippen LogP contribution in [0.5, 0.6) is 0 Å². The number of fused-ring (bicyclic) bond motifs is 1. The summed E-state index contributed by atoms with van der Waals surface area (Å²) in [6.07, 6.45) is 5.42. The number of likely N-dealkylation sites (N-methyl/N-ethyl adjacent to an activating group) is 1. The number of anilines is 2. The van der Waals surface area contributed by atoms with Crippen molar-refractivity contribution in [3.63, 3.8) is 0 Å². The van der Waals surface area contributed by atoms with Crippen molar-refractivity contribution in [2.24, 2.45) is 0 Å². The van der Waals surface area contributed by atoms with E-state index in [2.05, 4.69) is 25.5 Å². The third-order valence-electron chi connectivity index (χ3n) is 3.87. The number of rotatable bonds is 2. The second-order valence-electron chi connectivity index (χ2n) is 5.20. The Kier molecular flexibility index (Phi) is 3.33. The van der Waals surface area contributed by atoms with E-state index < -0.39 is 0 Å². The molecule has 1 fully saturated rings. The summed E-state index contributed by atoms with van der Waals surface area (Å²) in [6.45, 7) is 2.05. The molecule has 0 bridgehead atoms. The van der Waals surface area contributed by atoms with Gasteiger partial charge in [-0.3, -0.25) is 4.79 Å². The minimum atomic E-state index is 0.0409. The number of carbonyl (C=O) groups is 1. The number of piperidine rings is 1. The molecule has 1 aromatic rings. The fourth-order valence-electron chi connectivity index (χ4n) is 2.63. The largest absolute Gasteiger partial charge is 0.340 e. The Morgan fingerprint density at radius 3 is 3.11 bits per heavy atom. The van der Waals surface area contributed by atoms with Crippen molar-refractivity contribution in [1.29, 1.82) is 0 Å². The molecule has 6 heteroatoms. The number of hydrogen-bond donors (Lipinski definition) is 2. The summed E-state index contributed by atoms with van der Waals surface area (Å²) in [6, 6.07) is 0.422. The Bertz CT molecular complexity index is 484. The molecule has 0 radical (unpaired) electrons. The van der Waals surface area contributed by atoms with Gasteiger partial charge in [0, 0.05) is 37.8 Å². The lowest BCUT2D eigenvalue weighted by Crippen LogP contribution is -2.45. The molecule has 1 atom stereocenters. The fourth-order valence-corrected chi connectivity index (χ4v) is 2.63. The molecule has 1 amide bonds. The first-order chi connectivity index (χ1) is 9.24. The lowest BCUT2D eigenvalue weighted by molar-refractivity contribution is -0.116. The first-order valence-electron chi connectivity index (χ1n) is 6.83. The quantitative estimate of drug-likeness (QED) is 0.813. The Morgan fingerprint density at radius 2 is 2.32 bits per heavy atom. The third kappa shape index (κ3) is 2.53. The first kappa shape index (κ1) is 12.3. The van der Waals surface area contributed by atoms with Crippen LogP contribution in [0.3, 0.4) is 0 Å². The highest BCUT2D eigenvalue weighted by Gasteiger charge is 2.22. The zero-order valence-electron chi connectivity index (χ0n) is 11.1. The molecule has 2 N–H and O–H groups in total. The maximum absolute atomic E-state index is 11.4. The molecule has 0 aliphatic carbocycles. The fraction of sp³-hybridized carbons (Fsp3) is 0.615. The SMILES string of the molecule is CN(c1ncc2c(n1)NC(=O)CC2)[C@H]1CCCNC1. The predicted octanol–water partition coefficient (Wildman–Crippen LogP) is 0.549. The smallest absolute Gasteiger partial charge is 0.227 e. The monoisotopic (exact) mass is 261 g/mol. The van der Waals surface area contributed by atoms with Gasteiger partial charge in [0.15, 0.2) is 0 Å². The summed E-state index contributed by atoms with van der Waals surface area (Å²) < 4.78 is 0. The molecular formula is C13H19N5O. The standard InChI is InChI=1S/C13H19N5O/c1-18(10-3-2-6-14-8-10)13-15-7-9-4-5-11(19)16-12(9)17-13/h7,10,14H,2-6,8H2,1H3,(H,15,16,17,19)/t10-/m0/s1. The van der Waals surface area contributed by atoms with E-state index in [0.29, 0.717) is 24.2 Å². The molecular weight excluding hydrogens is 242 g/mol. The average molecular weight is 261 g/mol. The molecule has 1 saturated heterocycles. The number of nitrogens with one attached hydrogen (secondary N) is 2. The van der Waals surface area contributed by atoms with Crippen molar-refractivity contribution < 1.29 is 4.79 Å². The number of aryl methyl sites for hydroxylation is 1. The van der Waals surface area contributed by atoms with E-state index in [9.17, 15) is 4.79 Å². The van der Waals surface area contributed by atoms with Crippen LogP contribution < -0.4 is 15.5 Å². The topological polar surface area (TPSA) is 70.2 Å². The minimum Gasteiger partial charge on any atom is -0.340 e. The highest BCUT2D eigenvalue weighted by molar-refractivity contribution is 5.92. The normalized spacial score (nSPS) is 22.6. The third-order valence-corrected chi connectivity index (χ3v) is 3.87. The summed E-state index contributed by atoms with van der Waals surface area (Å²) in [4.78, 5) is 22.4. The van der Waals surface area contributed by atoms with Crippen LogP contribution in [-0.4, -0.2) is 42.1 Å². The maximum atomic E-state index is 11.4. The van der Waals surface area contributed by atoms with E-state index in [4.69, 9.17) is 0 Å². The summed E-state index contributed by atoms with van der Waals surface area (Å²) in [5, 5.41) is 6.21. The molecule has 0 spiro atoms. The molecule has 2 aliphatic heterocycles. The van der Waals surface area contributed by atoms with E-state index in [-0.39, 0.29) is 5.91 Å². The lowest BCUT2D eigenvalue weighted by Gasteiger charge is -2.32. The van der Waals surface area contributed by atoms with E-state index in [1.165, 1.54) is 6.42 Å². The number of carbonyl (C=O) groups excluding carboxylic acids is 1. The summed E-state index contributed by atoms with van der Waals surface area (Å²) in [5.41, 5.74) is 1.03. The molecule has 0 unspecified atom stereocenters. The van der Waals surface area contributed by atoms with Crippen LogP contribution in [0.4, 0.5) is 11.8 Å². The minimum absolute atomic E-state index is 0.0409. The molecule has 6 nitrogen and oxygen atoms in total. The maximum Gasteiger partial charge on any atom is 0.227 e. The second kappa shape index (κ2) is 5.13. The van der Waals surface area contributed by atoms with Crippen LogP contribution in [0.1, 0.15) is 24.8 Å². The van der Waals surface area contributed by atoms with Crippen LogP contribution in [0.2, 0.25) is 0 Å². The van der Waals surface area contributed by atoms with Crippen LogP contribution in [0, 0.1) is 0 Å². The van der Waals surface area contributed by atoms with Gasteiger partial charge in [0.1, 0.15) is 5.82 Å². The first-order valence-corrected chi connectivity index (χ1v) is 6.83. The highest BCUT2D eigenvalue weighted by atomic mass is 16.1. The van der Waals surface area contributed by atoms with Crippen molar-refractivity contribution >= 4 is 17.7 Å². The van der Waals surface area contributed by atoms with Crippen LogP contribution in [0.25, 0.3) is 0 Å². The van der Waals surface area contributed by atoms with Crippen LogP contribution in [-0.2, 0) is 11.2 Å². The zero-order valence-corrected chi connectivity index (χ0v) is 11.1. The molecule has 102 valence electrons. The Hall–Kier alpha value is -1.69. The van der Waals surface area contributed by atoms with Gasteiger partial charge in [-0.1, -0.05) is 0 Å². The molecule has 2 aliphatic rings. The van der Waals surface area contributed by atoms with Crippen molar-refractivity contribution in [3.8, 4) is 0 Å². The number of nitrogens with zero attached hydrogens (tertiary/aromatic N) is 3. The van der Waals surface area contributed by atoms with Gasteiger partial charge in [-0.25, -0.2) is 4.98 Å². The van der Waals surface area contributed by atoms with Gasteiger partial charge in [0.2, 0.25) is 11.9 Å². The summed E-state index contributed by atoms with van der Waals surface area (Å²) >= 11 is 0. The summed E-state index contributed by atoms with van der Waals surface area (Å²) in [5.74, 6) is 1.41. The van der Waals surface area contributed by atoms with Crippen molar-refractivity contribution in [2.75, 3.05) is 30.4 Å². The van der Waals surface area contributed by atoms with Crippen LogP contribution in [0.15, 0.2) is 6.20 Å². The zero-order chi connectivity index (χ0) is 13.2. The van der Waals surface area contributed by atoms with Gasteiger partial charge in [-0.15, -0.1) is 0 Å². The second-order valence-corrected chi connectivity index (χ2v) is 5.20. The van der Waals surface area contributed by atoms with E-state index in [1.807, 2.05) is 13.2 Å². The Balaban J connectivity index is 1.80. The molecule has 0 aromatic carbocycles. The molecule has 3 heterocycles. The van der Waals surface area contributed by atoms with Crippen LogP contribution >= 0.6 is 0 Å². The Morgan fingerprint density at radius 1 is 1.42 bits per heavy atom. The molecule has 1 aromatic heterocycles. The van der Waals surface area contributed by atoms with Gasteiger partial charge in [0.25, 0.3) is 0 Å². The van der Waals surface area contributed by atoms with Gasteiger partial charge in [-0.05, 0) is 25.8 Å². The van der Waals surface area contributed by atoms with Gasteiger partial charge in [-0.2, -0.15) is 4.98 Å². The molecule has 3 rings (SSSR count). The average Bonchev–Trinajstić information content (AvgIpc) is 2.46. The number of amides is 1. The van der Waals surface area contributed by atoms with E-state index >= 15 is 0 Å². The van der Waals surface area contributed by atoms with Gasteiger partial charge in [0.05, 0.1) is 0 Å². The molecule has 0 saturated carbocycles. The number of hydrogen-bond acceptors (Lipinski definition) is 5. The summed E-state index contributed by atoms with van der Waals surface area (Å²) in [7, 11) is 2.02. The van der Waals surface area contributed by atoms with E-state index in [1.54, 1.807) is 0 Å².